The van der Waals surface area contributed by atoms with Gasteiger partial charge in [-0.15, -0.1) is 10.2 Å². The van der Waals surface area contributed by atoms with Crippen LogP contribution in [-0.2, 0) is 30.4 Å². The van der Waals surface area contributed by atoms with Crippen LogP contribution in [-0.4, -0.2) is 69.4 Å². The summed E-state index contributed by atoms with van der Waals surface area (Å²) in [6, 6.07) is 35.4. The van der Waals surface area contributed by atoms with Crippen molar-refractivity contribution in [1.29, 1.82) is 0 Å². The van der Waals surface area contributed by atoms with E-state index in [4.69, 9.17) is 14.0 Å². The first kappa shape index (κ1) is 53.8. The highest BCUT2D eigenvalue weighted by Crippen LogP contribution is 2.43. The molecule has 0 spiro atoms. The third kappa shape index (κ3) is 13.0. The minimum absolute atomic E-state index is 0.00380. The van der Waals surface area contributed by atoms with Crippen LogP contribution < -0.4 is 20.1 Å². The maximum atomic E-state index is 13.4. The molecule has 24 heteroatoms. The number of fused-ring (bicyclic) bond motifs is 2. The van der Waals surface area contributed by atoms with Gasteiger partial charge in [0.2, 0.25) is 0 Å². The van der Waals surface area contributed by atoms with Crippen molar-refractivity contribution in [3.8, 4) is 17.2 Å². The number of phenolic OH excluding ortho intramolecular Hbond substituents is 1. The van der Waals surface area contributed by atoms with Gasteiger partial charge in [0.05, 0.1) is 42.2 Å². The first-order chi connectivity index (χ1) is 36.0. The number of azo groups is 3. The Hall–Kier alpha value is -8.52. The molecule has 21 nitrogen and oxygen atoms in total. The van der Waals surface area contributed by atoms with E-state index >= 15 is 0 Å². The molecule has 0 radical (unpaired) electrons. The SMILES string of the molecule is COc1cc(C(=O)Nc2ccc3c(S(=O)(=O)O)cc(OCCCS(=O)(=O)O)cc3c2)ccc1N=Nc1ccc(N=Nc2cc(C)c(N=Nc3c(S(=O)(=O)O)cc4cc(Nc5ccccc5)ccc4c3O)cc2C)cc1C. The van der Waals surface area contributed by atoms with E-state index < -0.39 is 63.2 Å². The van der Waals surface area contributed by atoms with Gasteiger partial charge in [0.25, 0.3) is 36.3 Å². The van der Waals surface area contributed by atoms with Crippen LogP contribution in [0.3, 0.4) is 0 Å². The lowest BCUT2D eigenvalue weighted by Crippen LogP contribution is -2.12. The predicted octanol–water partition coefficient (Wildman–Crippen LogP) is 13.0. The number of phenols is 1. The van der Waals surface area contributed by atoms with Crippen molar-refractivity contribution in [2.24, 2.45) is 30.7 Å². The van der Waals surface area contributed by atoms with Crippen LogP contribution in [0.15, 0.2) is 174 Å². The van der Waals surface area contributed by atoms with Gasteiger partial charge in [-0.2, -0.15) is 45.7 Å². The molecular weight excluding hydrogens is 1040 g/mol. The van der Waals surface area contributed by atoms with Gasteiger partial charge in [-0.25, -0.2) is 0 Å². The van der Waals surface area contributed by atoms with E-state index in [2.05, 4.69) is 41.3 Å². The van der Waals surface area contributed by atoms with Crippen LogP contribution in [0, 0.1) is 20.8 Å². The summed E-state index contributed by atoms with van der Waals surface area (Å²) in [5, 5.41) is 44.2. The van der Waals surface area contributed by atoms with E-state index in [1.54, 1.807) is 68.4 Å². The first-order valence-electron chi connectivity index (χ1n) is 22.7. The fraction of sp³-hybridized carbons (Fsp3) is 0.135. The Balaban J connectivity index is 0.937. The molecule has 0 aliphatic carbocycles. The summed E-state index contributed by atoms with van der Waals surface area (Å²) >= 11 is 0. The Morgan fingerprint density at radius 2 is 1.17 bits per heavy atom. The molecule has 0 aliphatic heterocycles. The van der Waals surface area contributed by atoms with Crippen LogP contribution in [0.2, 0.25) is 0 Å². The van der Waals surface area contributed by atoms with Crippen LogP contribution in [0.4, 0.5) is 51.2 Å². The topological polar surface area (TPSA) is 317 Å². The predicted molar refractivity (Wildman–Crippen MR) is 286 cm³/mol. The number of aromatic hydroxyl groups is 1. The van der Waals surface area contributed by atoms with E-state index in [1.807, 2.05) is 37.3 Å². The highest BCUT2D eigenvalue weighted by Gasteiger charge is 2.23. The molecular formula is C52H46N8O13S3. The second-order valence-corrected chi connectivity index (χ2v) is 21.5. The number of rotatable bonds is 18. The molecule has 390 valence electrons. The average molecular weight is 1090 g/mol. The number of hydrogen-bond donors (Lipinski definition) is 6. The smallest absolute Gasteiger partial charge is 0.296 e. The minimum atomic E-state index is -4.85. The number of ether oxygens (including phenoxy) is 2. The zero-order chi connectivity index (χ0) is 54.5. The lowest BCUT2D eigenvalue weighted by atomic mass is 10.1. The van der Waals surface area contributed by atoms with Crippen LogP contribution in [0.5, 0.6) is 17.2 Å². The van der Waals surface area contributed by atoms with Gasteiger partial charge in [-0.05, 0) is 158 Å². The van der Waals surface area contributed by atoms with Crippen LogP contribution in [0.25, 0.3) is 21.5 Å². The first-order valence-corrected chi connectivity index (χ1v) is 27.2. The second-order valence-electron chi connectivity index (χ2n) is 17.1. The number of methoxy groups -OCH3 is 1. The number of anilines is 3. The quantitative estimate of drug-likeness (QED) is 0.0264. The molecule has 0 saturated heterocycles. The standard InChI is InChI=1S/C52H46N8O13S3/c1-30-21-39(55-58-45-22-32(3)46(23-31(45)2)59-60-50-49(76(69,70)71)28-35-25-37(13-16-42(35)51(50)61)53-36-9-6-5-7-10-36)14-18-43(30)56-57-44-17-11-33(27-47(44)72-4)52(62)54-38-12-15-41-34(24-38)26-40(29-48(41)75(66,67)68)73-19-8-20-74(63,64)65/h5-7,9-18,21-29,53,61H,8,19-20H2,1-4H3,(H,54,62)(H,63,64,65)(H,66,67,68)(H,69,70,71). The lowest BCUT2D eigenvalue weighted by Gasteiger charge is -2.12. The fourth-order valence-corrected chi connectivity index (χ4v) is 9.64. The van der Waals surface area contributed by atoms with Gasteiger partial charge in [-0.1, -0.05) is 24.3 Å². The Morgan fingerprint density at radius 1 is 0.566 bits per heavy atom. The van der Waals surface area contributed by atoms with Gasteiger partial charge in [0.1, 0.15) is 32.7 Å². The van der Waals surface area contributed by atoms with Crippen molar-refractivity contribution < 1.29 is 58.3 Å². The van der Waals surface area contributed by atoms with Gasteiger partial charge in [-0.3, -0.25) is 18.5 Å². The zero-order valence-electron chi connectivity index (χ0n) is 40.7. The number of nitrogens with one attached hydrogen (secondary N) is 2. The molecule has 0 fully saturated rings. The van der Waals surface area contributed by atoms with E-state index in [-0.39, 0.29) is 46.6 Å². The lowest BCUT2D eigenvalue weighted by molar-refractivity contribution is 0.102. The summed E-state index contributed by atoms with van der Waals surface area (Å²) in [6.07, 6.45) is -0.0907. The average Bonchev–Trinajstić information content (AvgIpc) is 3.38. The van der Waals surface area contributed by atoms with Crippen molar-refractivity contribution in [3.05, 3.63) is 156 Å². The summed E-state index contributed by atoms with van der Waals surface area (Å²) < 4.78 is 112. The highest BCUT2D eigenvalue weighted by molar-refractivity contribution is 7.86. The maximum absolute atomic E-state index is 13.4. The highest BCUT2D eigenvalue weighted by atomic mass is 32.2. The summed E-state index contributed by atoms with van der Waals surface area (Å²) in [6.45, 7) is 5.15. The third-order valence-corrected chi connectivity index (χ3v) is 14.1. The van der Waals surface area contributed by atoms with Crippen molar-refractivity contribution in [3.63, 3.8) is 0 Å². The molecule has 0 heterocycles. The molecule has 1 amide bonds. The molecule has 0 unspecified atom stereocenters. The molecule has 0 bridgehead atoms. The van der Waals surface area contributed by atoms with Crippen molar-refractivity contribution in [2.45, 2.75) is 37.0 Å². The van der Waals surface area contributed by atoms with Gasteiger partial charge in [0, 0.05) is 39.5 Å². The molecule has 76 heavy (non-hydrogen) atoms. The number of benzene rings is 8. The molecule has 0 saturated carbocycles. The summed E-state index contributed by atoms with van der Waals surface area (Å²) in [4.78, 5) is 12.3. The minimum Gasteiger partial charge on any atom is -0.505 e. The number of hydrogen-bond acceptors (Lipinski definition) is 17. The number of nitrogens with zero attached hydrogens (tertiary/aromatic N) is 6. The summed E-state index contributed by atoms with van der Waals surface area (Å²) in [7, 11) is -12.4. The molecule has 0 aliphatic rings. The number of aryl methyl sites for hydroxylation is 3. The monoisotopic (exact) mass is 1090 g/mol. The Bertz CT molecular complexity index is 4040. The number of carbonyl (C=O) groups is 1. The molecule has 8 rings (SSSR count). The number of amides is 1. The largest absolute Gasteiger partial charge is 0.505 e. The Labute approximate surface area is 436 Å². The van der Waals surface area contributed by atoms with Crippen molar-refractivity contribution in [2.75, 3.05) is 30.1 Å². The third-order valence-electron chi connectivity index (χ3n) is 11.6. The van der Waals surface area contributed by atoms with E-state index in [0.29, 0.717) is 61.6 Å². The molecule has 0 atom stereocenters. The molecule has 8 aromatic carbocycles. The zero-order valence-corrected chi connectivity index (χ0v) is 43.1. The van der Waals surface area contributed by atoms with Crippen LogP contribution in [0.1, 0.15) is 33.5 Å². The second kappa shape index (κ2) is 22.1. The van der Waals surface area contributed by atoms with Crippen LogP contribution >= 0.6 is 0 Å². The van der Waals surface area contributed by atoms with Crippen molar-refractivity contribution in [1.82, 2.24) is 0 Å². The molecule has 8 aromatic rings. The summed E-state index contributed by atoms with van der Waals surface area (Å²) in [5.41, 5.74) is 5.58. The van der Waals surface area contributed by atoms with E-state index in [9.17, 15) is 44.3 Å². The van der Waals surface area contributed by atoms with Gasteiger partial charge in [0.15, 0.2) is 5.75 Å². The molecule has 6 N–H and O–H groups in total. The number of para-hydroxylation sites is 1. The maximum Gasteiger partial charge on any atom is 0.296 e. The van der Waals surface area contributed by atoms with E-state index in [0.717, 1.165) is 11.8 Å². The van der Waals surface area contributed by atoms with E-state index in [1.165, 1.54) is 49.6 Å². The molecule has 0 aromatic heterocycles. The normalized spacial score (nSPS) is 12.3. The Morgan fingerprint density at radius 3 is 1.84 bits per heavy atom. The fourth-order valence-electron chi connectivity index (χ4n) is 7.77. The Kier molecular flexibility index (Phi) is 15.7. The van der Waals surface area contributed by atoms with Gasteiger partial charge >= 0.3 is 0 Å². The number of carbonyl (C=O) groups excluding carboxylic acids is 1. The summed E-state index contributed by atoms with van der Waals surface area (Å²) in [5.74, 6) is -1.38. The van der Waals surface area contributed by atoms with Gasteiger partial charge < -0.3 is 25.2 Å². The van der Waals surface area contributed by atoms with Crippen molar-refractivity contribution >= 4 is 109 Å².